The minimum absolute atomic E-state index is 0.0638. The molecule has 96 valence electrons. The maximum atomic E-state index is 11.3. The number of nitrogens with zero attached hydrogens (tertiary/aromatic N) is 2. The Kier molecular flexibility index (Phi) is 2.41. The molecule has 0 atom stereocenters. The molecule has 0 amide bonds. The first-order valence-corrected chi connectivity index (χ1v) is 5.92. The fourth-order valence-corrected chi connectivity index (χ4v) is 2.45. The van der Waals surface area contributed by atoms with Crippen molar-refractivity contribution in [3.63, 3.8) is 0 Å². The van der Waals surface area contributed by atoms with Crippen molar-refractivity contribution >= 4 is 16.9 Å². The number of aromatic carboxylic acids is 1. The molecule has 0 saturated heterocycles. The number of carboxylic acids is 1. The van der Waals surface area contributed by atoms with Crippen molar-refractivity contribution in [3.05, 3.63) is 41.9 Å². The fourth-order valence-electron chi connectivity index (χ4n) is 2.45. The van der Waals surface area contributed by atoms with Crippen molar-refractivity contribution in [2.45, 2.75) is 6.92 Å². The van der Waals surface area contributed by atoms with Crippen LogP contribution in [-0.2, 0) is 7.05 Å². The Morgan fingerprint density at radius 1 is 1.37 bits per heavy atom. The van der Waals surface area contributed by atoms with E-state index >= 15 is 0 Å². The molecule has 0 spiro atoms. The van der Waals surface area contributed by atoms with E-state index in [-0.39, 0.29) is 5.69 Å². The van der Waals surface area contributed by atoms with Gasteiger partial charge in [-0.25, -0.2) is 4.79 Å². The van der Waals surface area contributed by atoms with Crippen LogP contribution in [0.5, 0.6) is 0 Å². The van der Waals surface area contributed by atoms with Crippen LogP contribution >= 0.6 is 0 Å². The molecular formula is C14H13N3O2. The number of hydrogen-bond acceptors (Lipinski definition) is 2. The highest BCUT2D eigenvalue weighted by Gasteiger charge is 2.21. The van der Waals surface area contributed by atoms with Crippen molar-refractivity contribution in [3.8, 4) is 11.1 Å². The molecule has 5 heteroatoms. The maximum absolute atomic E-state index is 11.3. The zero-order valence-corrected chi connectivity index (χ0v) is 10.6. The van der Waals surface area contributed by atoms with Crippen LogP contribution < -0.4 is 0 Å². The number of para-hydroxylation sites is 1. The van der Waals surface area contributed by atoms with Gasteiger partial charge >= 0.3 is 5.97 Å². The van der Waals surface area contributed by atoms with Crippen molar-refractivity contribution < 1.29 is 9.90 Å². The van der Waals surface area contributed by atoms with E-state index in [0.717, 1.165) is 22.2 Å². The lowest BCUT2D eigenvalue weighted by molar-refractivity contribution is 0.0691. The second-order valence-electron chi connectivity index (χ2n) is 4.55. The molecule has 5 nitrogen and oxygen atoms in total. The molecule has 0 radical (unpaired) electrons. The molecule has 0 aliphatic heterocycles. The Labute approximate surface area is 109 Å². The molecule has 2 heterocycles. The average Bonchev–Trinajstić information content (AvgIpc) is 2.91. The third-order valence-electron chi connectivity index (χ3n) is 3.32. The highest BCUT2D eigenvalue weighted by molar-refractivity contribution is 6.03. The third kappa shape index (κ3) is 1.62. The molecular weight excluding hydrogens is 242 g/mol. The predicted molar refractivity (Wildman–Crippen MR) is 72.2 cm³/mol. The molecule has 2 N–H and O–H groups in total. The molecule has 19 heavy (non-hydrogen) atoms. The van der Waals surface area contributed by atoms with Gasteiger partial charge in [0, 0.05) is 41.0 Å². The van der Waals surface area contributed by atoms with Gasteiger partial charge in [0.2, 0.25) is 0 Å². The van der Waals surface area contributed by atoms with Crippen LogP contribution in [0.15, 0.2) is 30.5 Å². The Hall–Kier alpha value is -2.56. The van der Waals surface area contributed by atoms with Crippen molar-refractivity contribution in [2.75, 3.05) is 0 Å². The summed E-state index contributed by atoms with van der Waals surface area (Å²) in [6.45, 7) is 1.83. The largest absolute Gasteiger partial charge is 0.476 e. The maximum Gasteiger partial charge on any atom is 0.357 e. The minimum Gasteiger partial charge on any atom is -0.476 e. The van der Waals surface area contributed by atoms with E-state index < -0.39 is 5.97 Å². The number of aromatic nitrogens is 3. The summed E-state index contributed by atoms with van der Waals surface area (Å²) in [5.41, 5.74) is 3.43. The van der Waals surface area contributed by atoms with Crippen molar-refractivity contribution in [2.24, 2.45) is 7.05 Å². The van der Waals surface area contributed by atoms with Gasteiger partial charge in [-0.3, -0.25) is 5.10 Å². The first-order valence-electron chi connectivity index (χ1n) is 5.92. The normalized spacial score (nSPS) is 11.1. The summed E-state index contributed by atoms with van der Waals surface area (Å²) >= 11 is 0. The number of carboxylic acid groups (broad SMARTS) is 1. The SMILES string of the molecule is Cc1[nH]nc(C(=O)O)c1-c1cn(C)c2ccccc12. The summed E-state index contributed by atoms with van der Waals surface area (Å²) in [6.07, 6.45) is 1.94. The summed E-state index contributed by atoms with van der Waals surface area (Å²) in [7, 11) is 1.95. The Morgan fingerprint density at radius 3 is 2.84 bits per heavy atom. The van der Waals surface area contributed by atoms with Gasteiger partial charge in [0.1, 0.15) is 0 Å². The summed E-state index contributed by atoms with van der Waals surface area (Å²) in [4.78, 5) is 11.3. The lowest BCUT2D eigenvalue weighted by Crippen LogP contribution is -1.99. The molecule has 0 aliphatic rings. The fraction of sp³-hybridized carbons (Fsp3) is 0.143. The van der Waals surface area contributed by atoms with Gasteiger partial charge in [-0.2, -0.15) is 5.10 Å². The smallest absolute Gasteiger partial charge is 0.357 e. The van der Waals surface area contributed by atoms with E-state index in [0.29, 0.717) is 5.56 Å². The summed E-state index contributed by atoms with van der Waals surface area (Å²) in [5.74, 6) is -1.02. The molecule has 0 unspecified atom stereocenters. The number of fused-ring (bicyclic) bond motifs is 1. The van der Waals surface area contributed by atoms with Gasteiger partial charge in [-0.15, -0.1) is 0 Å². The highest BCUT2D eigenvalue weighted by Crippen LogP contribution is 2.33. The lowest BCUT2D eigenvalue weighted by atomic mass is 10.0. The van der Waals surface area contributed by atoms with E-state index in [1.807, 2.05) is 49.0 Å². The summed E-state index contributed by atoms with van der Waals surface area (Å²) < 4.78 is 1.99. The van der Waals surface area contributed by atoms with Gasteiger partial charge in [0.15, 0.2) is 5.69 Å². The summed E-state index contributed by atoms with van der Waals surface area (Å²) in [6, 6.07) is 7.91. The van der Waals surface area contributed by atoms with Gasteiger partial charge in [0.25, 0.3) is 0 Å². The van der Waals surface area contributed by atoms with Crippen LogP contribution in [0.3, 0.4) is 0 Å². The van der Waals surface area contributed by atoms with Crippen LogP contribution in [0.4, 0.5) is 0 Å². The third-order valence-corrected chi connectivity index (χ3v) is 3.32. The second kappa shape index (κ2) is 3.98. The monoisotopic (exact) mass is 255 g/mol. The molecule has 0 bridgehead atoms. The Balaban J connectivity index is 2.37. The molecule has 0 aliphatic carbocycles. The lowest BCUT2D eigenvalue weighted by Gasteiger charge is -1.99. The number of rotatable bonds is 2. The molecule has 1 aromatic carbocycles. The Morgan fingerprint density at radius 2 is 2.11 bits per heavy atom. The van der Waals surface area contributed by atoms with E-state index in [9.17, 15) is 9.90 Å². The number of aromatic amines is 1. The van der Waals surface area contributed by atoms with Crippen LogP contribution in [-0.4, -0.2) is 25.8 Å². The van der Waals surface area contributed by atoms with Crippen molar-refractivity contribution in [1.29, 1.82) is 0 Å². The standard InChI is InChI=1S/C14H13N3O2/c1-8-12(13(14(18)19)16-15-8)10-7-17(2)11-6-4-3-5-9(10)11/h3-7H,1-2H3,(H,15,16)(H,18,19). The van der Waals surface area contributed by atoms with Crippen LogP contribution in [0.25, 0.3) is 22.0 Å². The topological polar surface area (TPSA) is 70.9 Å². The van der Waals surface area contributed by atoms with Crippen LogP contribution in [0.1, 0.15) is 16.2 Å². The predicted octanol–water partition coefficient (Wildman–Crippen LogP) is 2.58. The van der Waals surface area contributed by atoms with Crippen LogP contribution in [0.2, 0.25) is 0 Å². The number of carbonyl (C=O) groups is 1. The molecule has 3 rings (SSSR count). The number of benzene rings is 1. The number of H-pyrrole nitrogens is 1. The molecule has 2 aromatic heterocycles. The van der Waals surface area contributed by atoms with E-state index in [1.165, 1.54) is 0 Å². The number of nitrogens with one attached hydrogen (secondary N) is 1. The average molecular weight is 255 g/mol. The van der Waals surface area contributed by atoms with Gasteiger partial charge < -0.3 is 9.67 Å². The quantitative estimate of drug-likeness (QED) is 0.739. The molecule has 3 aromatic rings. The first kappa shape index (κ1) is 11.5. The molecule has 0 fully saturated rings. The van der Waals surface area contributed by atoms with E-state index in [2.05, 4.69) is 10.2 Å². The van der Waals surface area contributed by atoms with Crippen LogP contribution in [0, 0.1) is 6.92 Å². The van der Waals surface area contributed by atoms with Gasteiger partial charge in [0.05, 0.1) is 0 Å². The minimum atomic E-state index is -1.02. The highest BCUT2D eigenvalue weighted by atomic mass is 16.4. The second-order valence-corrected chi connectivity index (χ2v) is 4.55. The summed E-state index contributed by atoms with van der Waals surface area (Å²) in [5, 5.41) is 16.9. The van der Waals surface area contributed by atoms with Crippen molar-refractivity contribution in [1.82, 2.24) is 14.8 Å². The van der Waals surface area contributed by atoms with Gasteiger partial charge in [-0.1, -0.05) is 18.2 Å². The first-order chi connectivity index (χ1) is 9.09. The van der Waals surface area contributed by atoms with E-state index in [1.54, 1.807) is 0 Å². The molecule has 0 saturated carbocycles. The zero-order chi connectivity index (χ0) is 13.6. The van der Waals surface area contributed by atoms with Gasteiger partial charge in [-0.05, 0) is 13.0 Å². The van der Waals surface area contributed by atoms with E-state index in [4.69, 9.17) is 0 Å². The number of aryl methyl sites for hydroxylation is 2. The zero-order valence-electron chi connectivity index (χ0n) is 10.6. The number of hydrogen-bond donors (Lipinski definition) is 2. The Bertz CT molecular complexity index is 783.